The van der Waals surface area contributed by atoms with Gasteiger partial charge in [-0.15, -0.1) is 0 Å². The summed E-state index contributed by atoms with van der Waals surface area (Å²) < 4.78 is 0. The Morgan fingerprint density at radius 1 is 1.29 bits per heavy atom. The number of carbonyl (C=O) groups is 1. The average molecular weight is 241 g/mol. The zero-order valence-electron chi connectivity index (χ0n) is 11.7. The van der Waals surface area contributed by atoms with E-state index >= 15 is 0 Å². The molecule has 1 aliphatic rings. The predicted octanol–water partition coefficient (Wildman–Crippen LogP) is 0.927. The highest BCUT2D eigenvalue weighted by Gasteiger charge is 2.27. The zero-order chi connectivity index (χ0) is 12.8. The molecule has 1 amide bonds. The second kappa shape index (κ2) is 6.97. The largest absolute Gasteiger partial charge is 0.339 e. The van der Waals surface area contributed by atoms with Gasteiger partial charge in [-0.25, -0.2) is 0 Å². The Bertz CT molecular complexity index is 239. The van der Waals surface area contributed by atoms with Crippen LogP contribution in [0.25, 0.3) is 0 Å². The molecule has 1 heterocycles. The molecule has 4 heteroatoms. The lowest BCUT2D eigenvalue weighted by atomic mass is 10.1. The molecular formula is C13H27N3O. The van der Waals surface area contributed by atoms with E-state index in [0.29, 0.717) is 6.04 Å². The van der Waals surface area contributed by atoms with Crippen molar-refractivity contribution in [2.24, 2.45) is 0 Å². The van der Waals surface area contributed by atoms with Crippen molar-refractivity contribution in [1.82, 2.24) is 15.1 Å². The first-order valence-electron chi connectivity index (χ1n) is 6.87. The van der Waals surface area contributed by atoms with Crippen LogP contribution < -0.4 is 5.32 Å². The van der Waals surface area contributed by atoms with Crippen LogP contribution in [-0.2, 0) is 4.79 Å². The fourth-order valence-electron chi connectivity index (χ4n) is 2.49. The van der Waals surface area contributed by atoms with Gasteiger partial charge in [0, 0.05) is 32.2 Å². The Kier molecular flexibility index (Phi) is 5.92. The summed E-state index contributed by atoms with van der Waals surface area (Å²) in [5.74, 6) is 0.286. The highest BCUT2D eigenvalue weighted by atomic mass is 16.2. The topological polar surface area (TPSA) is 35.6 Å². The molecule has 0 aromatic rings. The van der Waals surface area contributed by atoms with Crippen molar-refractivity contribution in [1.29, 1.82) is 0 Å². The molecule has 100 valence electrons. The van der Waals surface area contributed by atoms with Crippen LogP contribution in [0.3, 0.4) is 0 Å². The summed E-state index contributed by atoms with van der Waals surface area (Å²) in [4.78, 5) is 16.7. The Hall–Kier alpha value is -0.610. The van der Waals surface area contributed by atoms with Crippen LogP contribution in [0.15, 0.2) is 0 Å². The molecule has 0 spiro atoms. The number of rotatable bonds is 5. The molecule has 2 unspecified atom stereocenters. The lowest BCUT2D eigenvalue weighted by Gasteiger charge is -2.36. The lowest BCUT2D eigenvalue weighted by Crippen LogP contribution is -2.54. The lowest BCUT2D eigenvalue weighted by molar-refractivity contribution is -0.137. The third kappa shape index (κ3) is 3.68. The van der Waals surface area contributed by atoms with E-state index in [1.54, 1.807) is 0 Å². The van der Waals surface area contributed by atoms with Gasteiger partial charge >= 0.3 is 0 Å². The molecule has 0 radical (unpaired) electrons. The minimum atomic E-state index is 0.00745. The molecule has 1 fully saturated rings. The number of nitrogens with zero attached hydrogens (tertiary/aromatic N) is 2. The van der Waals surface area contributed by atoms with E-state index in [2.05, 4.69) is 31.0 Å². The number of carbonyl (C=O) groups excluding carboxylic acids is 1. The van der Waals surface area contributed by atoms with Crippen LogP contribution in [0.5, 0.6) is 0 Å². The maximum absolute atomic E-state index is 12.4. The Morgan fingerprint density at radius 3 is 2.35 bits per heavy atom. The number of hydrogen-bond donors (Lipinski definition) is 1. The summed E-state index contributed by atoms with van der Waals surface area (Å²) >= 11 is 0. The van der Waals surface area contributed by atoms with Gasteiger partial charge in [0.25, 0.3) is 0 Å². The Morgan fingerprint density at radius 2 is 1.88 bits per heavy atom. The number of piperazine rings is 1. The standard InChI is InChI=1S/C13H27N3O/c1-5-11(3)16(6-2)12(4)13(17)15-9-7-14-8-10-15/h11-12,14H,5-10H2,1-4H3. The van der Waals surface area contributed by atoms with Gasteiger partial charge in [-0.2, -0.15) is 0 Å². The van der Waals surface area contributed by atoms with Crippen LogP contribution >= 0.6 is 0 Å². The average Bonchev–Trinajstić information content (AvgIpc) is 2.39. The summed E-state index contributed by atoms with van der Waals surface area (Å²) in [5.41, 5.74) is 0. The Labute approximate surface area is 105 Å². The fraction of sp³-hybridized carbons (Fsp3) is 0.923. The highest BCUT2D eigenvalue weighted by molar-refractivity contribution is 5.81. The van der Waals surface area contributed by atoms with Gasteiger partial charge in [-0.05, 0) is 26.8 Å². The molecule has 2 atom stereocenters. The van der Waals surface area contributed by atoms with Gasteiger partial charge < -0.3 is 10.2 Å². The van der Waals surface area contributed by atoms with Crippen LogP contribution in [0.2, 0.25) is 0 Å². The van der Waals surface area contributed by atoms with E-state index in [0.717, 1.165) is 39.1 Å². The first kappa shape index (κ1) is 14.5. The van der Waals surface area contributed by atoms with Crippen LogP contribution in [0, 0.1) is 0 Å². The minimum Gasteiger partial charge on any atom is -0.339 e. The maximum atomic E-state index is 12.4. The maximum Gasteiger partial charge on any atom is 0.239 e. The molecule has 0 aliphatic carbocycles. The molecule has 0 bridgehead atoms. The molecule has 1 N–H and O–H groups in total. The first-order valence-corrected chi connectivity index (χ1v) is 6.87. The molecule has 4 nitrogen and oxygen atoms in total. The van der Waals surface area contributed by atoms with Gasteiger partial charge in [0.2, 0.25) is 5.91 Å². The number of nitrogens with one attached hydrogen (secondary N) is 1. The molecule has 1 aliphatic heterocycles. The predicted molar refractivity (Wildman–Crippen MR) is 71.0 cm³/mol. The molecule has 1 saturated heterocycles. The summed E-state index contributed by atoms with van der Waals surface area (Å²) in [5, 5.41) is 3.28. The molecule has 0 aromatic carbocycles. The SMILES string of the molecule is CCC(C)N(CC)C(C)C(=O)N1CCNCC1. The van der Waals surface area contributed by atoms with Gasteiger partial charge in [0.05, 0.1) is 6.04 Å². The van der Waals surface area contributed by atoms with Crippen molar-refractivity contribution >= 4 is 5.91 Å². The molecule has 0 saturated carbocycles. The number of hydrogen-bond acceptors (Lipinski definition) is 3. The third-order valence-electron chi connectivity index (χ3n) is 3.81. The van der Waals surface area contributed by atoms with E-state index in [9.17, 15) is 4.79 Å². The second-order valence-corrected chi connectivity index (χ2v) is 4.84. The molecule has 0 aromatic heterocycles. The van der Waals surface area contributed by atoms with E-state index in [1.165, 1.54) is 0 Å². The van der Waals surface area contributed by atoms with Gasteiger partial charge in [-0.3, -0.25) is 9.69 Å². The van der Waals surface area contributed by atoms with Crippen molar-refractivity contribution in [3.05, 3.63) is 0 Å². The summed E-state index contributed by atoms with van der Waals surface area (Å²) in [6.45, 7) is 13.0. The van der Waals surface area contributed by atoms with Crippen LogP contribution in [-0.4, -0.2) is 60.5 Å². The number of amides is 1. The van der Waals surface area contributed by atoms with E-state index in [1.807, 2.05) is 11.8 Å². The second-order valence-electron chi connectivity index (χ2n) is 4.84. The monoisotopic (exact) mass is 241 g/mol. The quantitative estimate of drug-likeness (QED) is 0.778. The van der Waals surface area contributed by atoms with E-state index in [-0.39, 0.29) is 11.9 Å². The fourth-order valence-corrected chi connectivity index (χ4v) is 2.49. The number of likely N-dealkylation sites (N-methyl/N-ethyl adjacent to an activating group) is 1. The van der Waals surface area contributed by atoms with Gasteiger partial charge in [0.1, 0.15) is 0 Å². The van der Waals surface area contributed by atoms with Crippen LogP contribution in [0.1, 0.15) is 34.1 Å². The minimum absolute atomic E-state index is 0.00745. The van der Waals surface area contributed by atoms with E-state index in [4.69, 9.17) is 0 Å². The van der Waals surface area contributed by atoms with Crippen molar-refractivity contribution in [2.45, 2.75) is 46.2 Å². The third-order valence-corrected chi connectivity index (χ3v) is 3.81. The highest BCUT2D eigenvalue weighted by Crippen LogP contribution is 2.11. The summed E-state index contributed by atoms with van der Waals surface area (Å²) in [6.07, 6.45) is 1.09. The van der Waals surface area contributed by atoms with Crippen molar-refractivity contribution in [3.8, 4) is 0 Å². The van der Waals surface area contributed by atoms with Gasteiger partial charge in [0.15, 0.2) is 0 Å². The smallest absolute Gasteiger partial charge is 0.239 e. The zero-order valence-corrected chi connectivity index (χ0v) is 11.7. The summed E-state index contributed by atoms with van der Waals surface area (Å²) in [6, 6.07) is 0.481. The molecule has 17 heavy (non-hydrogen) atoms. The van der Waals surface area contributed by atoms with Gasteiger partial charge in [-0.1, -0.05) is 13.8 Å². The molecule has 1 rings (SSSR count). The normalized spacial score (nSPS) is 20.4. The van der Waals surface area contributed by atoms with Crippen LogP contribution in [0.4, 0.5) is 0 Å². The van der Waals surface area contributed by atoms with Crippen molar-refractivity contribution < 1.29 is 4.79 Å². The van der Waals surface area contributed by atoms with Crippen molar-refractivity contribution in [2.75, 3.05) is 32.7 Å². The molecular weight excluding hydrogens is 214 g/mol. The Balaban J connectivity index is 2.59. The first-order chi connectivity index (χ1) is 8.11. The summed E-state index contributed by atoms with van der Waals surface area (Å²) in [7, 11) is 0. The van der Waals surface area contributed by atoms with Crippen molar-refractivity contribution in [3.63, 3.8) is 0 Å². The van der Waals surface area contributed by atoms with E-state index < -0.39 is 0 Å².